The molecule has 2 aromatic carbocycles. The third kappa shape index (κ3) is 4.67. The van der Waals surface area contributed by atoms with Gasteiger partial charge in [0.1, 0.15) is 5.58 Å². The van der Waals surface area contributed by atoms with Gasteiger partial charge in [-0.25, -0.2) is 0 Å². The normalized spacial score (nSPS) is 16.0. The fourth-order valence-electron chi connectivity index (χ4n) is 4.50. The number of carbonyl (C=O) groups is 2. The maximum absolute atomic E-state index is 13.6. The van der Waals surface area contributed by atoms with Crippen molar-refractivity contribution in [2.45, 2.75) is 26.3 Å². The molecule has 1 aliphatic rings. The highest BCUT2D eigenvalue weighted by Gasteiger charge is 2.44. The van der Waals surface area contributed by atoms with E-state index in [1.54, 1.807) is 30.3 Å². The van der Waals surface area contributed by atoms with Gasteiger partial charge >= 0.3 is 0 Å². The van der Waals surface area contributed by atoms with Crippen molar-refractivity contribution in [2.75, 3.05) is 26.2 Å². The van der Waals surface area contributed by atoms with E-state index in [9.17, 15) is 24.8 Å². The van der Waals surface area contributed by atoms with Gasteiger partial charge in [0, 0.05) is 24.1 Å². The molecule has 0 bridgehead atoms. The molecule has 0 radical (unpaired) electrons. The Kier molecular flexibility index (Phi) is 6.97. The van der Waals surface area contributed by atoms with Crippen LogP contribution in [0.2, 0.25) is 0 Å². The Morgan fingerprint density at radius 3 is 2.57 bits per heavy atom. The van der Waals surface area contributed by atoms with Crippen molar-refractivity contribution in [1.82, 2.24) is 9.80 Å². The van der Waals surface area contributed by atoms with Gasteiger partial charge < -0.3 is 19.3 Å². The number of hydrogen-bond acceptors (Lipinski definition) is 7. The third-order valence-electron chi connectivity index (χ3n) is 6.36. The summed E-state index contributed by atoms with van der Waals surface area (Å²) in [4.78, 5) is 41.2. The molecule has 4 rings (SSSR count). The van der Waals surface area contributed by atoms with Crippen LogP contribution >= 0.6 is 0 Å². The second kappa shape index (κ2) is 10.1. The van der Waals surface area contributed by atoms with E-state index in [1.807, 2.05) is 19.9 Å². The van der Waals surface area contributed by atoms with Crippen molar-refractivity contribution in [3.8, 4) is 0 Å². The quantitative estimate of drug-likeness (QED) is 0.257. The monoisotopic (exact) mass is 477 g/mol. The molecule has 0 aliphatic carbocycles. The van der Waals surface area contributed by atoms with Crippen LogP contribution in [-0.2, 0) is 4.79 Å². The van der Waals surface area contributed by atoms with E-state index in [1.165, 1.54) is 23.1 Å². The maximum atomic E-state index is 13.6. The molecule has 2 heterocycles. The molecule has 9 heteroatoms. The lowest BCUT2D eigenvalue weighted by atomic mass is 9.94. The lowest BCUT2D eigenvalue weighted by molar-refractivity contribution is -0.384. The van der Waals surface area contributed by atoms with Crippen LogP contribution in [0.25, 0.3) is 11.0 Å². The van der Waals surface area contributed by atoms with Crippen molar-refractivity contribution in [3.05, 3.63) is 87.4 Å². The highest BCUT2D eigenvalue weighted by Crippen LogP contribution is 2.40. The van der Waals surface area contributed by atoms with Crippen molar-refractivity contribution < 1.29 is 24.0 Å². The predicted octanol–water partition coefficient (Wildman–Crippen LogP) is 4.65. The minimum atomic E-state index is -0.972. The van der Waals surface area contributed by atoms with E-state index in [4.69, 9.17) is 4.42 Å². The summed E-state index contributed by atoms with van der Waals surface area (Å²) in [5.74, 6) is -1.98. The zero-order valence-corrected chi connectivity index (χ0v) is 19.6. The third-order valence-corrected chi connectivity index (χ3v) is 6.36. The molecule has 0 saturated carbocycles. The van der Waals surface area contributed by atoms with Gasteiger partial charge in [-0.05, 0) is 43.8 Å². The van der Waals surface area contributed by atoms with Crippen molar-refractivity contribution in [1.29, 1.82) is 0 Å². The van der Waals surface area contributed by atoms with Gasteiger partial charge in [0.25, 0.3) is 11.6 Å². The number of aliphatic hydroxyl groups is 1. The number of fused-ring (bicyclic) bond motifs is 1. The fourth-order valence-corrected chi connectivity index (χ4v) is 4.50. The molecule has 35 heavy (non-hydrogen) atoms. The van der Waals surface area contributed by atoms with Gasteiger partial charge in [0.2, 0.25) is 5.78 Å². The molecule has 1 aliphatic heterocycles. The summed E-state index contributed by atoms with van der Waals surface area (Å²) in [6.07, 6.45) is 0.609. The second-order valence-electron chi connectivity index (χ2n) is 8.37. The minimum absolute atomic E-state index is 0.0130. The number of non-ortho nitro benzene ring substituents is 1. The number of carbonyl (C=O) groups excluding carboxylic acids is 2. The summed E-state index contributed by atoms with van der Waals surface area (Å²) in [5.41, 5.74) is 0.569. The maximum Gasteiger partial charge on any atom is 0.290 e. The Morgan fingerprint density at radius 2 is 1.89 bits per heavy atom. The zero-order chi connectivity index (χ0) is 25.1. The van der Waals surface area contributed by atoms with Gasteiger partial charge in [0.05, 0.1) is 16.5 Å². The number of nitro benzene ring substituents is 1. The Hall–Kier alpha value is -3.98. The molecule has 0 spiro atoms. The van der Waals surface area contributed by atoms with Crippen LogP contribution in [0, 0.1) is 10.1 Å². The van der Waals surface area contributed by atoms with Crippen molar-refractivity contribution in [3.63, 3.8) is 0 Å². The highest BCUT2D eigenvalue weighted by molar-refractivity contribution is 6.16. The first-order valence-electron chi connectivity index (χ1n) is 11.6. The number of nitro groups is 1. The highest BCUT2D eigenvalue weighted by atomic mass is 16.6. The molecular formula is C26H27N3O6. The molecule has 1 amide bonds. The Balaban J connectivity index is 1.73. The Morgan fingerprint density at radius 1 is 1.14 bits per heavy atom. The summed E-state index contributed by atoms with van der Waals surface area (Å²) < 4.78 is 5.71. The lowest BCUT2D eigenvalue weighted by Crippen LogP contribution is -2.34. The van der Waals surface area contributed by atoms with Crippen LogP contribution < -0.4 is 0 Å². The Bertz CT molecular complexity index is 1270. The molecule has 0 unspecified atom stereocenters. The van der Waals surface area contributed by atoms with Gasteiger partial charge in [-0.15, -0.1) is 0 Å². The molecule has 3 aromatic rings. The number of aliphatic hydroxyl groups excluding tert-OH is 1. The van der Waals surface area contributed by atoms with Crippen LogP contribution in [0.3, 0.4) is 0 Å². The van der Waals surface area contributed by atoms with Gasteiger partial charge in [-0.2, -0.15) is 0 Å². The fraction of sp³-hybridized carbons (Fsp3) is 0.308. The average molecular weight is 478 g/mol. The number of nitrogens with zero attached hydrogens (tertiary/aromatic N) is 3. The molecule has 1 N–H and O–H groups in total. The first-order valence-corrected chi connectivity index (χ1v) is 11.6. The number of furan rings is 1. The van der Waals surface area contributed by atoms with Crippen LogP contribution in [0.1, 0.15) is 42.4 Å². The first-order chi connectivity index (χ1) is 16.8. The molecule has 1 aromatic heterocycles. The van der Waals surface area contributed by atoms with Crippen LogP contribution in [-0.4, -0.2) is 57.7 Å². The van der Waals surface area contributed by atoms with E-state index in [-0.39, 0.29) is 23.6 Å². The van der Waals surface area contributed by atoms with E-state index < -0.39 is 28.4 Å². The molecule has 1 atom stereocenters. The SMILES string of the molecule is CCN(CC)CCCN1C(=O)C(O)=C(C(=O)c2cc3ccccc3o2)[C@H]1c1cccc([N+](=O)[O-])c1. The van der Waals surface area contributed by atoms with E-state index >= 15 is 0 Å². The van der Waals surface area contributed by atoms with E-state index in [0.29, 0.717) is 23.0 Å². The molecule has 0 fully saturated rings. The van der Waals surface area contributed by atoms with Crippen LogP contribution in [0.5, 0.6) is 0 Å². The second-order valence-corrected chi connectivity index (χ2v) is 8.37. The Labute approximate surface area is 202 Å². The minimum Gasteiger partial charge on any atom is -0.503 e. The van der Waals surface area contributed by atoms with E-state index in [2.05, 4.69) is 4.90 Å². The molecule has 9 nitrogen and oxygen atoms in total. The summed E-state index contributed by atoms with van der Waals surface area (Å²) in [5, 5.41) is 22.9. The largest absolute Gasteiger partial charge is 0.503 e. The number of amides is 1. The standard InChI is InChI=1S/C26H27N3O6/c1-3-27(4-2)13-8-14-28-23(18-10-7-11-19(15-18)29(33)34)22(25(31)26(28)32)24(30)21-16-17-9-5-6-12-20(17)35-21/h5-7,9-12,15-16,23,31H,3-4,8,13-14H2,1-2H3/t23-/m1/s1. The summed E-state index contributed by atoms with van der Waals surface area (Å²) in [7, 11) is 0. The summed E-state index contributed by atoms with van der Waals surface area (Å²) in [6.45, 7) is 6.81. The number of rotatable bonds is 10. The van der Waals surface area contributed by atoms with Crippen molar-refractivity contribution >= 4 is 28.3 Å². The smallest absolute Gasteiger partial charge is 0.290 e. The van der Waals surface area contributed by atoms with Gasteiger partial charge in [-0.3, -0.25) is 19.7 Å². The number of ketones is 1. The summed E-state index contributed by atoms with van der Waals surface area (Å²) in [6, 6.07) is 13.5. The first kappa shape index (κ1) is 24.2. The number of para-hydroxylation sites is 1. The summed E-state index contributed by atoms with van der Waals surface area (Å²) >= 11 is 0. The number of benzene rings is 2. The number of hydrogen-bond donors (Lipinski definition) is 1. The van der Waals surface area contributed by atoms with E-state index in [0.717, 1.165) is 19.6 Å². The lowest BCUT2D eigenvalue weighted by Gasteiger charge is -2.27. The zero-order valence-electron chi connectivity index (χ0n) is 19.6. The van der Waals surface area contributed by atoms with Crippen LogP contribution in [0.15, 0.2) is 70.3 Å². The molecule has 182 valence electrons. The van der Waals surface area contributed by atoms with Crippen molar-refractivity contribution in [2.24, 2.45) is 0 Å². The van der Waals surface area contributed by atoms with Crippen LogP contribution in [0.4, 0.5) is 5.69 Å². The molecular weight excluding hydrogens is 450 g/mol. The molecule has 0 saturated heterocycles. The van der Waals surface area contributed by atoms with Gasteiger partial charge in [-0.1, -0.05) is 44.2 Å². The predicted molar refractivity (Wildman–Crippen MR) is 130 cm³/mol. The topological polar surface area (TPSA) is 117 Å². The average Bonchev–Trinajstić information content (AvgIpc) is 3.41. The van der Waals surface area contributed by atoms with Gasteiger partial charge in [0.15, 0.2) is 11.5 Å². The number of Topliss-reactive ketones (excluding diaryl/α,β-unsaturated/α-hetero) is 1.